The van der Waals surface area contributed by atoms with Crippen LogP contribution in [0.3, 0.4) is 0 Å². The van der Waals surface area contributed by atoms with Gasteiger partial charge < -0.3 is 19.7 Å². The van der Waals surface area contributed by atoms with E-state index in [0.717, 1.165) is 30.0 Å². The molecular formula is C11H16N2O3. The predicted octanol–water partition coefficient (Wildman–Crippen LogP) is 1.17. The van der Waals surface area contributed by atoms with E-state index in [-0.39, 0.29) is 0 Å². The van der Waals surface area contributed by atoms with Crippen molar-refractivity contribution in [3.05, 3.63) is 17.0 Å². The summed E-state index contributed by atoms with van der Waals surface area (Å²) in [6.45, 7) is 6.79. The van der Waals surface area contributed by atoms with Crippen molar-refractivity contribution in [1.82, 2.24) is 4.98 Å². The quantitative estimate of drug-likeness (QED) is 0.791. The Morgan fingerprint density at radius 3 is 2.50 bits per heavy atom. The highest BCUT2D eigenvalue weighted by Gasteiger charge is 2.22. The van der Waals surface area contributed by atoms with Crippen molar-refractivity contribution in [2.24, 2.45) is 0 Å². The molecule has 0 atom stereocenters. The van der Waals surface area contributed by atoms with E-state index in [1.54, 1.807) is 0 Å². The number of aromatic carboxylic acids is 1. The number of hydrogen-bond acceptors (Lipinski definition) is 3. The Morgan fingerprint density at radius 2 is 2.00 bits per heavy atom. The molecule has 2 heterocycles. The lowest BCUT2D eigenvalue weighted by Crippen LogP contribution is -2.36. The smallest absolute Gasteiger partial charge is 0.352 e. The number of aromatic amines is 1. The molecule has 0 bridgehead atoms. The van der Waals surface area contributed by atoms with Crippen LogP contribution in [0.25, 0.3) is 0 Å². The first kappa shape index (κ1) is 11.0. The van der Waals surface area contributed by atoms with Crippen molar-refractivity contribution in [3.63, 3.8) is 0 Å². The molecule has 0 aromatic carbocycles. The van der Waals surface area contributed by atoms with E-state index in [9.17, 15) is 4.79 Å². The minimum absolute atomic E-state index is 0.291. The van der Waals surface area contributed by atoms with Crippen molar-refractivity contribution in [2.45, 2.75) is 13.8 Å². The molecule has 5 heteroatoms. The molecule has 0 spiro atoms. The fourth-order valence-electron chi connectivity index (χ4n) is 2.22. The monoisotopic (exact) mass is 224 g/mol. The van der Waals surface area contributed by atoms with Gasteiger partial charge in [0, 0.05) is 24.3 Å². The Hall–Kier alpha value is -1.49. The maximum absolute atomic E-state index is 11.0. The summed E-state index contributed by atoms with van der Waals surface area (Å²) in [4.78, 5) is 16.1. The maximum Gasteiger partial charge on any atom is 0.352 e. The molecule has 5 nitrogen and oxygen atoms in total. The number of nitrogens with one attached hydrogen (secondary N) is 1. The van der Waals surface area contributed by atoms with E-state index >= 15 is 0 Å². The molecular weight excluding hydrogens is 208 g/mol. The van der Waals surface area contributed by atoms with E-state index in [0.29, 0.717) is 18.9 Å². The number of carbonyl (C=O) groups is 1. The lowest BCUT2D eigenvalue weighted by molar-refractivity contribution is 0.0690. The highest BCUT2D eigenvalue weighted by atomic mass is 16.5. The molecule has 1 aromatic rings. The maximum atomic E-state index is 11.0. The van der Waals surface area contributed by atoms with Gasteiger partial charge in [-0.15, -0.1) is 0 Å². The Morgan fingerprint density at radius 1 is 1.38 bits per heavy atom. The standard InChI is InChI=1S/C11H16N2O3/c1-7-9(11(14)15)12-8(2)10(7)13-3-5-16-6-4-13/h12H,3-6H2,1-2H3,(H,14,15). The highest BCUT2D eigenvalue weighted by molar-refractivity contribution is 5.90. The highest BCUT2D eigenvalue weighted by Crippen LogP contribution is 2.28. The van der Waals surface area contributed by atoms with Crippen LogP contribution in [0, 0.1) is 13.8 Å². The predicted molar refractivity (Wildman–Crippen MR) is 60.3 cm³/mol. The fourth-order valence-corrected chi connectivity index (χ4v) is 2.22. The number of anilines is 1. The number of aryl methyl sites for hydroxylation is 1. The van der Waals surface area contributed by atoms with Gasteiger partial charge in [-0.3, -0.25) is 0 Å². The molecule has 1 saturated heterocycles. The number of H-pyrrole nitrogens is 1. The lowest BCUT2D eigenvalue weighted by atomic mass is 10.2. The van der Waals surface area contributed by atoms with E-state index in [2.05, 4.69) is 9.88 Å². The molecule has 0 aliphatic carbocycles. The van der Waals surface area contributed by atoms with Gasteiger partial charge in [0.05, 0.1) is 18.9 Å². The fraction of sp³-hybridized carbons (Fsp3) is 0.545. The minimum atomic E-state index is -0.903. The summed E-state index contributed by atoms with van der Waals surface area (Å²) in [7, 11) is 0. The molecule has 1 aromatic heterocycles. The summed E-state index contributed by atoms with van der Waals surface area (Å²) in [5.41, 5.74) is 3.03. The second kappa shape index (κ2) is 4.17. The van der Waals surface area contributed by atoms with Crippen molar-refractivity contribution in [3.8, 4) is 0 Å². The molecule has 1 fully saturated rings. The van der Waals surface area contributed by atoms with E-state index in [1.807, 2.05) is 13.8 Å². The third kappa shape index (κ3) is 1.78. The zero-order chi connectivity index (χ0) is 11.7. The van der Waals surface area contributed by atoms with Crippen molar-refractivity contribution >= 4 is 11.7 Å². The van der Waals surface area contributed by atoms with Gasteiger partial charge >= 0.3 is 5.97 Å². The Balaban J connectivity index is 2.36. The zero-order valence-corrected chi connectivity index (χ0v) is 9.54. The van der Waals surface area contributed by atoms with Crippen LogP contribution in [-0.4, -0.2) is 42.4 Å². The van der Waals surface area contributed by atoms with Crippen LogP contribution in [-0.2, 0) is 4.74 Å². The first-order valence-corrected chi connectivity index (χ1v) is 5.36. The second-order valence-corrected chi connectivity index (χ2v) is 4.00. The van der Waals surface area contributed by atoms with E-state index in [1.165, 1.54) is 0 Å². The number of ether oxygens (including phenoxy) is 1. The third-order valence-corrected chi connectivity index (χ3v) is 2.94. The topological polar surface area (TPSA) is 65.6 Å². The molecule has 1 aliphatic rings. The van der Waals surface area contributed by atoms with Crippen LogP contribution in [0.15, 0.2) is 0 Å². The normalized spacial score (nSPS) is 16.5. The lowest BCUT2D eigenvalue weighted by Gasteiger charge is -2.29. The Bertz CT molecular complexity index is 406. The second-order valence-electron chi connectivity index (χ2n) is 4.00. The molecule has 88 valence electrons. The summed E-state index contributed by atoms with van der Waals surface area (Å²) in [5, 5.41) is 9.03. The van der Waals surface area contributed by atoms with Crippen LogP contribution in [0.4, 0.5) is 5.69 Å². The summed E-state index contributed by atoms with van der Waals surface area (Å²) >= 11 is 0. The first-order chi connectivity index (χ1) is 7.61. The summed E-state index contributed by atoms with van der Waals surface area (Å²) in [5.74, 6) is -0.903. The van der Waals surface area contributed by atoms with Gasteiger partial charge in [-0.25, -0.2) is 4.79 Å². The molecule has 2 N–H and O–H groups in total. The van der Waals surface area contributed by atoms with E-state index in [4.69, 9.17) is 9.84 Å². The van der Waals surface area contributed by atoms with Crippen molar-refractivity contribution in [2.75, 3.05) is 31.2 Å². The molecule has 0 radical (unpaired) electrons. The van der Waals surface area contributed by atoms with Gasteiger partial charge in [0.1, 0.15) is 5.69 Å². The number of hydrogen-bond donors (Lipinski definition) is 2. The number of carboxylic acids is 1. The summed E-state index contributed by atoms with van der Waals surface area (Å²) in [6.07, 6.45) is 0. The zero-order valence-electron chi connectivity index (χ0n) is 9.54. The molecule has 0 saturated carbocycles. The molecule has 1 aliphatic heterocycles. The van der Waals surface area contributed by atoms with Gasteiger partial charge in [0.25, 0.3) is 0 Å². The number of aromatic nitrogens is 1. The minimum Gasteiger partial charge on any atom is -0.477 e. The van der Waals surface area contributed by atoms with Gasteiger partial charge in [0.15, 0.2) is 0 Å². The van der Waals surface area contributed by atoms with Gasteiger partial charge in [-0.1, -0.05) is 0 Å². The van der Waals surface area contributed by atoms with E-state index < -0.39 is 5.97 Å². The molecule has 16 heavy (non-hydrogen) atoms. The molecule has 2 rings (SSSR count). The van der Waals surface area contributed by atoms with Crippen LogP contribution < -0.4 is 4.90 Å². The van der Waals surface area contributed by atoms with Crippen LogP contribution >= 0.6 is 0 Å². The van der Waals surface area contributed by atoms with Crippen molar-refractivity contribution < 1.29 is 14.6 Å². The Labute approximate surface area is 94.0 Å². The van der Waals surface area contributed by atoms with Crippen LogP contribution in [0.2, 0.25) is 0 Å². The molecule has 0 unspecified atom stereocenters. The number of nitrogens with zero attached hydrogens (tertiary/aromatic N) is 1. The average molecular weight is 224 g/mol. The van der Waals surface area contributed by atoms with Crippen LogP contribution in [0.1, 0.15) is 21.7 Å². The number of rotatable bonds is 2. The number of morpholine rings is 1. The third-order valence-electron chi connectivity index (χ3n) is 2.94. The van der Waals surface area contributed by atoms with Gasteiger partial charge in [-0.05, 0) is 13.8 Å². The molecule has 0 amide bonds. The number of carboxylic acid groups (broad SMARTS) is 1. The largest absolute Gasteiger partial charge is 0.477 e. The van der Waals surface area contributed by atoms with Crippen LogP contribution in [0.5, 0.6) is 0 Å². The SMILES string of the molecule is Cc1[nH]c(C(=O)O)c(C)c1N1CCOCC1. The van der Waals surface area contributed by atoms with Gasteiger partial charge in [-0.2, -0.15) is 0 Å². The van der Waals surface area contributed by atoms with Crippen molar-refractivity contribution in [1.29, 1.82) is 0 Å². The first-order valence-electron chi connectivity index (χ1n) is 5.36. The average Bonchev–Trinajstić information content (AvgIpc) is 2.56. The van der Waals surface area contributed by atoms with Gasteiger partial charge in [0.2, 0.25) is 0 Å². The Kier molecular flexibility index (Phi) is 2.87. The summed E-state index contributed by atoms with van der Waals surface area (Å²) in [6, 6.07) is 0. The summed E-state index contributed by atoms with van der Waals surface area (Å²) < 4.78 is 5.29.